The van der Waals surface area contributed by atoms with E-state index in [1.54, 1.807) is 48.5 Å². The highest BCUT2D eigenvalue weighted by Crippen LogP contribution is 2.34. The number of hydrogen-bond donors (Lipinski definition) is 1. The molecule has 0 aliphatic rings. The molecule has 4 aromatic rings. The number of rotatable bonds is 4. The fourth-order valence-corrected chi connectivity index (χ4v) is 3.42. The molecule has 0 bridgehead atoms. The van der Waals surface area contributed by atoms with Crippen LogP contribution in [0.4, 0.5) is 18.9 Å². The molecular weight excluding hydrogens is 453 g/mol. The molecule has 0 fully saturated rings. The Balaban J connectivity index is 1.69. The van der Waals surface area contributed by atoms with Crippen LogP contribution < -0.4 is 5.32 Å². The Morgan fingerprint density at radius 1 is 1.00 bits per heavy atom. The second-order valence-corrected chi connectivity index (χ2v) is 7.37. The number of anilines is 1. The van der Waals surface area contributed by atoms with Gasteiger partial charge in [0, 0.05) is 11.1 Å². The zero-order valence-corrected chi connectivity index (χ0v) is 17.5. The van der Waals surface area contributed by atoms with E-state index in [0.717, 1.165) is 10.7 Å². The van der Waals surface area contributed by atoms with Crippen LogP contribution in [-0.4, -0.2) is 15.7 Å². The second kappa shape index (κ2) is 8.81. The molecule has 0 spiro atoms. The van der Waals surface area contributed by atoms with E-state index < -0.39 is 17.8 Å². The van der Waals surface area contributed by atoms with Gasteiger partial charge in [0.2, 0.25) is 0 Å². The molecule has 1 amide bonds. The summed E-state index contributed by atoms with van der Waals surface area (Å²) in [7, 11) is 0. The van der Waals surface area contributed by atoms with Crippen molar-refractivity contribution >= 4 is 23.2 Å². The lowest BCUT2D eigenvalue weighted by molar-refractivity contribution is -0.141. The number of para-hydroxylation sites is 2. The summed E-state index contributed by atoms with van der Waals surface area (Å²) in [6.45, 7) is 0. The van der Waals surface area contributed by atoms with Crippen molar-refractivity contribution in [3.63, 3.8) is 0 Å². The molecule has 5 nitrogen and oxygen atoms in total. The average molecular weight is 467 g/mol. The van der Waals surface area contributed by atoms with Crippen molar-refractivity contribution in [1.29, 1.82) is 5.26 Å². The number of nitrogens with one attached hydrogen (secondary N) is 1. The highest BCUT2D eigenvalue weighted by Gasteiger charge is 2.35. The lowest BCUT2D eigenvalue weighted by Gasteiger charge is -2.10. The van der Waals surface area contributed by atoms with Gasteiger partial charge in [0.25, 0.3) is 5.91 Å². The van der Waals surface area contributed by atoms with E-state index in [-0.39, 0.29) is 16.3 Å². The first kappa shape index (κ1) is 22.1. The number of hydrogen-bond acceptors (Lipinski definition) is 3. The second-order valence-electron chi connectivity index (χ2n) is 6.96. The molecule has 0 aliphatic heterocycles. The molecular formula is C24H14ClF3N4O. The van der Waals surface area contributed by atoms with Gasteiger partial charge in [0.1, 0.15) is 6.07 Å². The minimum absolute atomic E-state index is 0.164. The molecule has 164 valence electrons. The van der Waals surface area contributed by atoms with Crippen molar-refractivity contribution < 1.29 is 18.0 Å². The third-order valence-corrected chi connectivity index (χ3v) is 5.14. The fourth-order valence-electron chi connectivity index (χ4n) is 3.21. The van der Waals surface area contributed by atoms with Crippen molar-refractivity contribution in [3.05, 3.63) is 101 Å². The molecule has 0 atom stereocenters. The number of carbonyl (C=O) groups excluding carboxylic acids is 1. The quantitative estimate of drug-likeness (QED) is 0.381. The Labute approximate surface area is 191 Å². The number of alkyl halides is 3. The maximum absolute atomic E-state index is 13.4. The summed E-state index contributed by atoms with van der Waals surface area (Å²) >= 11 is 6.19. The Morgan fingerprint density at radius 3 is 2.33 bits per heavy atom. The summed E-state index contributed by atoms with van der Waals surface area (Å²) in [4.78, 5) is 12.6. The van der Waals surface area contributed by atoms with Crippen molar-refractivity contribution in [2.24, 2.45) is 0 Å². The number of amides is 1. The average Bonchev–Trinajstić information content (AvgIpc) is 3.26. The van der Waals surface area contributed by atoms with E-state index in [0.29, 0.717) is 22.5 Å². The number of benzene rings is 3. The standard InChI is InChI=1S/C24H14ClF3N4O/c25-18-6-2-4-8-20(18)32-21(13-22(31-32)24(26,27)28)15-9-11-16(12-10-15)23(33)30-19-7-3-1-5-17(19)14-29/h1-13H,(H,30,33). The third-order valence-electron chi connectivity index (χ3n) is 4.82. The van der Waals surface area contributed by atoms with E-state index >= 15 is 0 Å². The van der Waals surface area contributed by atoms with Gasteiger partial charge in [0.05, 0.1) is 27.7 Å². The highest BCUT2D eigenvalue weighted by molar-refractivity contribution is 6.32. The van der Waals surface area contributed by atoms with Crippen LogP contribution in [0.25, 0.3) is 16.9 Å². The molecule has 0 saturated carbocycles. The van der Waals surface area contributed by atoms with Crippen LogP contribution in [0, 0.1) is 11.3 Å². The molecule has 3 aromatic carbocycles. The van der Waals surface area contributed by atoms with Crippen LogP contribution in [0.1, 0.15) is 21.6 Å². The molecule has 9 heteroatoms. The van der Waals surface area contributed by atoms with Gasteiger partial charge in [0.15, 0.2) is 5.69 Å². The fraction of sp³-hybridized carbons (Fsp3) is 0.0417. The van der Waals surface area contributed by atoms with Gasteiger partial charge in [-0.3, -0.25) is 4.79 Å². The Hall–Kier alpha value is -4.09. The lowest BCUT2D eigenvalue weighted by Crippen LogP contribution is -2.12. The molecule has 4 rings (SSSR count). The summed E-state index contributed by atoms with van der Waals surface area (Å²) in [5.74, 6) is -0.458. The zero-order valence-electron chi connectivity index (χ0n) is 16.8. The Morgan fingerprint density at radius 2 is 1.67 bits per heavy atom. The van der Waals surface area contributed by atoms with Crippen molar-refractivity contribution in [1.82, 2.24) is 9.78 Å². The first-order chi connectivity index (χ1) is 15.8. The Kier molecular flexibility index (Phi) is 5.90. The number of halogens is 4. The van der Waals surface area contributed by atoms with E-state index in [4.69, 9.17) is 16.9 Å². The van der Waals surface area contributed by atoms with E-state index in [1.165, 1.54) is 24.3 Å². The molecule has 33 heavy (non-hydrogen) atoms. The minimum atomic E-state index is -4.64. The van der Waals surface area contributed by atoms with Gasteiger partial charge in [-0.25, -0.2) is 4.68 Å². The summed E-state index contributed by atoms with van der Waals surface area (Å²) in [6, 6.07) is 21.9. The number of nitrogens with zero attached hydrogens (tertiary/aromatic N) is 3. The van der Waals surface area contributed by atoms with Crippen LogP contribution in [0.3, 0.4) is 0 Å². The molecule has 1 aromatic heterocycles. The predicted octanol–water partition coefficient (Wildman–Crippen LogP) is 6.34. The molecule has 0 saturated heterocycles. The molecule has 0 radical (unpaired) electrons. The van der Waals surface area contributed by atoms with Crippen LogP contribution in [0.15, 0.2) is 78.9 Å². The monoisotopic (exact) mass is 466 g/mol. The maximum atomic E-state index is 13.4. The predicted molar refractivity (Wildman–Crippen MR) is 118 cm³/mol. The minimum Gasteiger partial charge on any atom is -0.321 e. The van der Waals surface area contributed by atoms with Gasteiger partial charge in [-0.1, -0.05) is 48.0 Å². The van der Waals surface area contributed by atoms with Crippen molar-refractivity contribution in [2.75, 3.05) is 5.32 Å². The zero-order chi connectivity index (χ0) is 23.6. The van der Waals surface area contributed by atoms with E-state index in [2.05, 4.69) is 10.4 Å². The number of nitriles is 1. The normalized spacial score (nSPS) is 11.1. The van der Waals surface area contributed by atoms with Crippen LogP contribution in [-0.2, 0) is 6.18 Å². The Bertz CT molecular complexity index is 1370. The van der Waals surface area contributed by atoms with Crippen LogP contribution in [0.5, 0.6) is 0 Å². The van der Waals surface area contributed by atoms with Gasteiger partial charge >= 0.3 is 6.18 Å². The van der Waals surface area contributed by atoms with Crippen LogP contribution in [0.2, 0.25) is 5.02 Å². The van der Waals surface area contributed by atoms with E-state index in [1.807, 2.05) is 6.07 Å². The summed E-state index contributed by atoms with van der Waals surface area (Å²) in [5.41, 5.74) is 0.744. The topological polar surface area (TPSA) is 70.7 Å². The first-order valence-corrected chi connectivity index (χ1v) is 9.99. The molecule has 1 N–H and O–H groups in total. The summed E-state index contributed by atoms with van der Waals surface area (Å²) < 4.78 is 41.2. The van der Waals surface area contributed by atoms with Crippen molar-refractivity contribution in [3.8, 4) is 23.0 Å². The third kappa shape index (κ3) is 4.59. The smallest absolute Gasteiger partial charge is 0.321 e. The summed E-state index contributed by atoms with van der Waals surface area (Å²) in [5, 5.41) is 15.8. The molecule has 0 aliphatic carbocycles. The molecule has 1 heterocycles. The highest BCUT2D eigenvalue weighted by atomic mass is 35.5. The summed E-state index contributed by atoms with van der Waals surface area (Å²) in [6.07, 6.45) is -4.64. The van der Waals surface area contributed by atoms with Gasteiger partial charge in [-0.2, -0.15) is 23.5 Å². The molecule has 0 unspecified atom stereocenters. The SMILES string of the molecule is N#Cc1ccccc1NC(=O)c1ccc(-c2cc(C(F)(F)F)nn2-c2ccccc2Cl)cc1. The lowest BCUT2D eigenvalue weighted by atomic mass is 10.1. The number of aromatic nitrogens is 2. The van der Waals surface area contributed by atoms with Gasteiger partial charge in [-0.05, 0) is 42.5 Å². The van der Waals surface area contributed by atoms with Gasteiger partial charge < -0.3 is 5.32 Å². The van der Waals surface area contributed by atoms with E-state index in [9.17, 15) is 18.0 Å². The van der Waals surface area contributed by atoms with Gasteiger partial charge in [-0.15, -0.1) is 0 Å². The maximum Gasteiger partial charge on any atom is 0.435 e. The van der Waals surface area contributed by atoms with Crippen LogP contribution >= 0.6 is 11.6 Å². The van der Waals surface area contributed by atoms with Crippen molar-refractivity contribution in [2.45, 2.75) is 6.18 Å². The largest absolute Gasteiger partial charge is 0.435 e. The number of carbonyl (C=O) groups is 1. The first-order valence-electron chi connectivity index (χ1n) is 9.61.